The maximum Gasteiger partial charge on any atom is 0.236 e. The number of amides is 2. The largest absolute Gasteiger partial charge is 0.467 e. The summed E-state index contributed by atoms with van der Waals surface area (Å²) in [5.74, 6) is -0.149. The summed E-state index contributed by atoms with van der Waals surface area (Å²) in [7, 11) is 0. The van der Waals surface area contributed by atoms with Gasteiger partial charge in [-0.3, -0.25) is 9.59 Å². The topological polar surface area (TPSA) is 71.3 Å². The van der Waals surface area contributed by atoms with E-state index in [-0.39, 0.29) is 24.2 Å². The van der Waals surface area contributed by atoms with E-state index in [0.717, 1.165) is 5.56 Å². The lowest BCUT2D eigenvalue weighted by Gasteiger charge is -2.15. The van der Waals surface area contributed by atoms with E-state index in [1.54, 1.807) is 24.3 Å². The minimum Gasteiger partial charge on any atom is -0.467 e. The monoisotopic (exact) mass is 330 g/mol. The summed E-state index contributed by atoms with van der Waals surface area (Å²) in [5.41, 5.74) is -0.0149. The lowest BCUT2D eigenvalue weighted by molar-refractivity contribution is -0.137. The third kappa shape index (κ3) is 3.64. The Labute approximate surface area is 139 Å². The van der Waals surface area contributed by atoms with Crippen LogP contribution in [0.4, 0.5) is 4.39 Å². The summed E-state index contributed by atoms with van der Waals surface area (Å²) >= 11 is 0. The highest BCUT2D eigenvalue weighted by atomic mass is 19.1. The molecule has 2 aromatic rings. The molecule has 126 valence electrons. The molecule has 0 bridgehead atoms. The fourth-order valence-corrected chi connectivity index (χ4v) is 2.57. The predicted molar refractivity (Wildman–Crippen MR) is 85.3 cm³/mol. The number of carbonyl (C=O) groups excluding carboxylic acids is 2. The zero-order valence-corrected chi connectivity index (χ0v) is 13.2. The first-order valence-corrected chi connectivity index (χ1v) is 7.94. The first-order valence-electron chi connectivity index (χ1n) is 7.94. The minimum absolute atomic E-state index is 0.249. The number of rotatable bonds is 7. The number of hydrogen-bond donors (Lipinski definition) is 2. The second-order valence-corrected chi connectivity index (χ2v) is 5.98. The Hall–Kier alpha value is -2.63. The van der Waals surface area contributed by atoms with Crippen molar-refractivity contribution in [1.82, 2.24) is 10.6 Å². The van der Waals surface area contributed by atoms with Crippen LogP contribution in [0.1, 0.15) is 24.2 Å². The van der Waals surface area contributed by atoms with Gasteiger partial charge in [0.15, 0.2) is 0 Å². The van der Waals surface area contributed by atoms with Crippen LogP contribution in [0.2, 0.25) is 0 Å². The van der Waals surface area contributed by atoms with Crippen LogP contribution in [0.3, 0.4) is 0 Å². The Morgan fingerprint density at radius 1 is 1.08 bits per heavy atom. The van der Waals surface area contributed by atoms with Gasteiger partial charge in [0.1, 0.15) is 17.0 Å². The van der Waals surface area contributed by atoms with Gasteiger partial charge < -0.3 is 15.1 Å². The second-order valence-electron chi connectivity index (χ2n) is 5.98. The third-order valence-corrected chi connectivity index (χ3v) is 4.24. The van der Waals surface area contributed by atoms with Crippen molar-refractivity contribution in [2.45, 2.75) is 25.8 Å². The highest BCUT2D eigenvalue weighted by Gasteiger charge is 2.56. The minimum atomic E-state index is -0.949. The van der Waals surface area contributed by atoms with Crippen LogP contribution in [0.25, 0.3) is 0 Å². The molecule has 1 aliphatic rings. The van der Waals surface area contributed by atoms with Crippen LogP contribution in [0.5, 0.6) is 0 Å². The lowest BCUT2D eigenvalue weighted by Crippen LogP contribution is -2.43. The van der Waals surface area contributed by atoms with Crippen molar-refractivity contribution in [1.29, 1.82) is 0 Å². The Kier molecular flexibility index (Phi) is 4.64. The first kappa shape index (κ1) is 16.2. The van der Waals surface area contributed by atoms with Crippen LogP contribution in [-0.4, -0.2) is 18.4 Å². The summed E-state index contributed by atoms with van der Waals surface area (Å²) in [6, 6.07) is 9.66. The number of nitrogens with one attached hydrogen (secondary N) is 2. The molecular weight excluding hydrogens is 311 g/mol. The van der Waals surface area contributed by atoms with Crippen molar-refractivity contribution in [3.05, 3.63) is 59.8 Å². The molecule has 0 aliphatic heterocycles. The molecular formula is C18H19FN2O3. The van der Waals surface area contributed by atoms with Gasteiger partial charge in [-0.2, -0.15) is 0 Å². The Morgan fingerprint density at radius 3 is 2.42 bits per heavy atom. The van der Waals surface area contributed by atoms with E-state index >= 15 is 0 Å². The van der Waals surface area contributed by atoms with Gasteiger partial charge in [-0.05, 0) is 49.1 Å². The zero-order chi connectivity index (χ0) is 17.0. The van der Waals surface area contributed by atoms with Crippen molar-refractivity contribution < 1.29 is 18.4 Å². The summed E-state index contributed by atoms with van der Waals surface area (Å²) < 4.78 is 18.0. The van der Waals surface area contributed by atoms with Gasteiger partial charge in [-0.15, -0.1) is 0 Å². The van der Waals surface area contributed by atoms with Gasteiger partial charge in [0.05, 0.1) is 12.8 Å². The summed E-state index contributed by atoms with van der Waals surface area (Å²) in [6.07, 6.45) is 3.24. The highest BCUT2D eigenvalue weighted by molar-refractivity contribution is 6.07. The second kappa shape index (κ2) is 6.86. The molecule has 0 spiro atoms. The average molecular weight is 330 g/mol. The molecule has 0 radical (unpaired) electrons. The number of benzene rings is 1. The van der Waals surface area contributed by atoms with E-state index in [2.05, 4.69) is 10.6 Å². The summed E-state index contributed by atoms with van der Waals surface area (Å²) in [4.78, 5) is 24.6. The van der Waals surface area contributed by atoms with E-state index in [1.165, 1.54) is 18.4 Å². The number of carbonyl (C=O) groups is 2. The molecule has 3 rings (SSSR count). The van der Waals surface area contributed by atoms with Crippen LogP contribution < -0.4 is 10.6 Å². The molecule has 2 amide bonds. The molecule has 0 saturated heterocycles. The van der Waals surface area contributed by atoms with Crippen LogP contribution in [0.15, 0.2) is 47.1 Å². The number of hydrogen-bond acceptors (Lipinski definition) is 3. The molecule has 1 aliphatic carbocycles. The van der Waals surface area contributed by atoms with Gasteiger partial charge in [0.25, 0.3) is 0 Å². The third-order valence-electron chi connectivity index (χ3n) is 4.24. The van der Waals surface area contributed by atoms with Crippen molar-refractivity contribution in [2.24, 2.45) is 5.41 Å². The Morgan fingerprint density at radius 2 is 1.79 bits per heavy atom. The average Bonchev–Trinajstić information content (AvgIpc) is 3.24. The molecule has 1 fully saturated rings. The van der Waals surface area contributed by atoms with Gasteiger partial charge >= 0.3 is 0 Å². The van der Waals surface area contributed by atoms with E-state index in [1.807, 2.05) is 0 Å². The number of halogens is 1. The summed E-state index contributed by atoms with van der Waals surface area (Å²) in [6.45, 7) is 0.689. The van der Waals surface area contributed by atoms with Gasteiger partial charge in [-0.1, -0.05) is 12.1 Å². The fourth-order valence-electron chi connectivity index (χ4n) is 2.57. The van der Waals surface area contributed by atoms with Gasteiger partial charge in [0, 0.05) is 6.54 Å². The molecule has 6 heteroatoms. The Bertz CT molecular complexity index is 706. The molecule has 2 N–H and O–H groups in total. The Balaban J connectivity index is 1.46. The molecule has 1 heterocycles. The zero-order valence-electron chi connectivity index (χ0n) is 13.2. The van der Waals surface area contributed by atoms with Gasteiger partial charge in [-0.25, -0.2) is 4.39 Å². The van der Waals surface area contributed by atoms with E-state index in [4.69, 9.17) is 4.42 Å². The SMILES string of the molecule is O=C(NCCc1ccc(F)cc1)C1(C(=O)NCc2ccco2)CC1. The van der Waals surface area contributed by atoms with E-state index in [9.17, 15) is 14.0 Å². The van der Waals surface area contributed by atoms with Crippen molar-refractivity contribution in [3.63, 3.8) is 0 Å². The molecule has 1 aromatic carbocycles. The van der Waals surface area contributed by atoms with Crippen LogP contribution in [-0.2, 0) is 22.6 Å². The highest BCUT2D eigenvalue weighted by Crippen LogP contribution is 2.46. The van der Waals surface area contributed by atoms with Crippen LogP contribution >= 0.6 is 0 Å². The fraction of sp³-hybridized carbons (Fsp3) is 0.333. The predicted octanol–water partition coefficient (Wildman–Crippen LogP) is 2.17. The van der Waals surface area contributed by atoms with Gasteiger partial charge in [0.2, 0.25) is 11.8 Å². The van der Waals surface area contributed by atoms with Crippen molar-refractivity contribution >= 4 is 11.8 Å². The van der Waals surface area contributed by atoms with Crippen molar-refractivity contribution in [3.8, 4) is 0 Å². The molecule has 5 nitrogen and oxygen atoms in total. The molecule has 24 heavy (non-hydrogen) atoms. The molecule has 1 saturated carbocycles. The molecule has 0 unspecified atom stereocenters. The standard InChI is InChI=1S/C18H19FN2O3/c19-14-5-3-13(4-6-14)7-10-20-16(22)18(8-9-18)17(23)21-12-15-2-1-11-24-15/h1-6,11H,7-10,12H2,(H,20,22)(H,21,23). The normalized spacial score (nSPS) is 14.9. The first-order chi connectivity index (χ1) is 11.6. The van der Waals surface area contributed by atoms with E-state index in [0.29, 0.717) is 31.6 Å². The maximum atomic E-state index is 12.8. The van der Waals surface area contributed by atoms with E-state index < -0.39 is 5.41 Å². The quantitative estimate of drug-likeness (QED) is 0.764. The maximum absolute atomic E-state index is 12.8. The smallest absolute Gasteiger partial charge is 0.236 e. The number of furan rings is 1. The lowest BCUT2D eigenvalue weighted by atomic mass is 10.0. The van der Waals surface area contributed by atoms with Crippen LogP contribution in [0, 0.1) is 11.2 Å². The summed E-state index contributed by atoms with van der Waals surface area (Å²) in [5, 5.41) is 5.55. The van der Waals surface area contributed by atoms with Crippen molar-refractivity contribution in [2.75, 3.05) is 6.54 Å². The molecule has 0 atom stereocenters. The molecule has 1 aromatic heterocycles.